The molecule has 1 saturated heterocycles. The second kappa shape index (κ2) is 8.10. The highest BCUT2D eigenvalue weighted by Gasteiger charge is 2.29. The van der Waals surface area contributed by atoms with Crippen molar-refractivity contribution in [1.29, 1.82) is 0 Å². The van der Waals surface area contributed by atoms with Crippen LogP contribution in [-0.2, 0) is 4.79 Å². The standard InChI is InChI=1S/C20H21F3N2O2/c1-25-10-2-3-17(25)20(27)24-16(11-26)12-4-6-13(7-5-12)18-14(21)8-9-15(22)19(18)23/h4-9,16-17,26H,2-3,10-11H2,1H3,(H,24,27). The van der Waals surface area contributed by atoms with E-state index in [0.29, 0.717) is 5.56 Å². The molecule has 2 atom stereocenters. The Morgan fingerprint density at radius 2 is 1.85 bits per heavy atom. The molecule has 3 rings (SSSR count). The number of nitrogens with zero attached hydrogens (tertiary/aromatic N) is 1. The van der Waals surface area contributed by atoms with Crippen molar-refractivity contribution in [1.82, 2.24) is 10.2 Å². The topological polar surface area (TPSA) is 52.6 Å². The molecule has 1 heterocycles. The van der Waals surface area contributed by atoms with E-state index in [4.69, 9.17) is 0 Å². The van der Waals surface area contributed by atoms with Gasteiger partial charge in [-0.25, -0.2) is 13.2 Å². The van der Waals surface area contributed by atoms with E-state index >= 15 is 0 Å². The molecule has 0 bridgehead atoms. The highest BCUT2D eigenvalue weighted by molar-refractivity contribution is 5.82. The van der Waals surface area contributed by atoms with E-state index in [1.165, 1.54) is 12.1 Å². The first-order valence-corrected chi connectivity index (χ1v) is 8.77. The SMILES string of the molecule is CN1CCCC1C(=O)NC(CO)c1ccc(-c2c(F)ccc(F)c2F)cc1. The maximum absolute atomic E-state index is 13.9. The van der Waals surface area contributed by atoms with Crippen molar-refractivity contribution in [2.24, 2.45) is 0 Å². The Morgan fingerprint density at radius 3 is 2.44 bits per heavy atom. The van der Waals surface area contributed by atoms with Gasteiger partial charge in [0.25, 0.3) is 0 Å². The number of nitrogens with one attached hydrogen (secondary N) is 1. The summed E-state index contributed by atoms with van der Waals surface area (Å²) in [5.41, 5.74) is 0.318. The average molecular weight is 378 g/mol. The summed E-state index contributed by atoms with van der Waals surface area (Å²) in [5, 5.41) is 12.5. The van der Waals surface area contributed by atoms with Crippen LogP contribution in [0.25, 0.3) is 11.1 Å². The monoisotopic (exact) mass is 378 g/mol. The molecule has 0 aromatic heterocycles. The van der Waals surface area contributed by atoms with Gasteiger partial charge in [-0.15, -0.1) is 0 Å². The van der Waals surface area contributed by atoms with Gasteiger partial charge < -0.3 is 10.4 Å². The third kappa shape index (κ3) is 3.99. The number of hydrogen-bond acceptors (Lipinski definition) is 3. The van der Waals surface area contributed by atoms with E-state index in [1.807, 2.05) is 11.9 Å². The van der Waals surface area contributed by atoms with Crippen molar-refractivity contribution in [3.05, 3.63) is 59.4 Å². The summed E-state index contributed by atoms with van der Waals surface area (Å²) in [6.07, 6.45) is 1.70. The maximum atomic E-state index is 13.9. The van der Waals surface area contributed by atoms with Gasteiger partial charge in [0, 0.05) is 0 Å². The number of rotatable bonds is 5. The predicted molar refractivity (Wildman–Crippen MR) is 95.4 cm³/mol. The number of carbonyl (C=O) groups is 1. The second-order valence-electron chi connectivity index (χ2n) is 6.72. The lowest BCUT2D eigenvalue weighted by molar-refractivity contribution is -0.126. The Morgan fingerprint density at radius 1 is 1.19 bits per heavy atom. The van der Waals surface area contributed by atoms with Gasteiger partial charge in [-0.2, -0.15) is 0 Å². The van der Waals surface area contributed by atoms with Crippen LogP contribution in [0.4, 0.5) is 13.2 Å². The van der Waals surface area contributed by atoms with Crippen LogP contribution in [0.15, 0.2) is 36.4 Å². The first-order chi connectivity index (χ1) is 12.9. The van der Waals surface area contributed by atoms with Gasteiger partial charge in [0.15, 0.2) is 11.6 Å². The number of likely N-dealkylation sites (tertiary alicyclic amines) is 1. The minimum absolute atomic E-state index is 0.166. The highest BCUT2D eigenvalue weighted by atomic mass is 19.2. The van der Waals surface area contributed by atoms with Crippen LogP contribution in [0.2, 0.25) is 0 Å². The summed E-state index contributed by atoms with van der Waals surface area (Å²) in [6.45, 7) is 0.533. The third-order valence-electron chi connectivity index (χ3n) is 4.97. The molecule has 0 radical (unpaired) electrons. The molecule has 0 spiro atoms. The third-order valence-corrected chi connectivity index (χ3v) is 4.97. The van der Waals surface area contributed by atoms with Gasteiger partial charge in [-0.1, -0.05) is 24.3 Å². The molecular formula is C20H21F3N2O2. The van der Waals surface area contributed by atoms with Gasteiger partial charge in [0.05, 0.1) is 24.3 Å². The first kappa shape index (κ1) is 19.4. The largest absolute Gasteiger partial charge is 0.394 e. The molecule has 7 heteroatoms. The quantitative estimate of drug-likeness (QED) is 0.787. The molecule has 27 heavy (non-hydrogen) atoms. The Labute approximate surface area is 155 Å². The minimum atomic E-state index is -1.25. The van der Waals surface area contributed by atoms with E-state index in [9.17, 15) is 23.1 Å². The fourth-order valence-corrected chi connectivity index (χ4v) is 3.42. The van der Waals surface area contributed by atoms with E-state index in [1.54, 1.807) is 12.1 Å². The molecule has 1 aliphatic heterocycles. The van der Waals surface area contributed by atoms with E-state index in [2.05, 4.69) is 5.32 Å². The molecule has 0 saturated carbocycles. The van der Waals surface area contributed by atoms with Crippen molar-refractivity contribution in [2.45, 2.75) is 24.9 Å². The van der Waals surface area contributed by atoms with Crippen LogP contribution in [0, 0.1) is 17.5 Å². The lowest BCUT2D eigenvalue weighted by Crippen LogP contribution is -2.43. The Balaban J connectivity index is 1.79. The average Bonchev–Trinajstić information content (AvgIpc) is 3.10. The Kier molecular flexibility index (Phi) is 5.82. The fourth-order valence-electron chi connectivity index (χ4n) is 3.42. The zero-order chi connectivity index (χ0) is 19.6. The second-order valence-corrected chi connectivity index (χ2v) is 6.72. The molecular weight excluding hydrogens is 357 g/mol. The number of likely N-dealkylation sites (N-methyl/N-ethyl adjacent to an activating group) is 1. The summed E-state index contributed by atoms with van der Waals surface area (Å²) in [4.78, 5) is 14.4. The number of aliphatic hydroxyl groups excluding tert-OH is 1. The minimum Gasteiger partial charge on any atom is -0.394 e. The van der Waals surface area contributed by atoms with Crippen LogP contribution in [0.5, 0.6) is 0 Å². The number of carbonyl (C=O) groups excluding carboxylic acids is 1. The molecule has 1 fully saturated rings. The molecule has 2 aromatic carbocycles. The van der Waals surface area contributed by atoms with Crippen molar-refractivity contribution >= 4 is 5.91 Å². The van der Waals surface area contributed by atoms with Crippen LogP contribution < -0.4 is 5.32 Å². The number of amides is 1. The first-order valence-electron chi connectivity index (χ1n) is 8.77. The van der Waals surface area contributed by atoms with Gasteiger partial charge in [-0.3, -0.25) is 9.69 Å². The van der Waals surface area contributed by atoms with Crippen LogP contribution in [0.3, 0.4) is 0 Å². The summed E-state index contributed by atoms with van der Waals surface area (Å²) in [7, 11) is 1.88. The van der Waals surface area contributed by atoms with E-state index in [-0.39, 0.29) is 24.1 Å². The predicted octanol–water partition coefficient (Wildman–Crippen LogP) is 3.01. The smallest absolute Gasteiger partial charge is 0.237 e. The van der Waals surface area contributed by atoms with Crippen LogP contribution in [-0.4, -0.2) is 42.2 Å². The van der Waals surface area contributed by atoms with Crippen molar-refractivity contribution in [3.8, 4) is 11.1 Å². The van der Waals surface area contributed by atoms with Gasteiger partial charge in [0.2, 0.25) is 5.91 Å². The molecule has 1 aliphatic rings. The number of hydrogen-bond donors (Lipinski definition) is 2. The summed E-state index contributed by atoms with van der Waals surface area (Å²) in [5.74, 6) is -3.41. The molecule has 2 N–H and O–H groups in total. The molecule has 4 nitrogen and oxygen atoms in total. The zero-order valence-electron chi connectivity index (χ0n) is 14.9. The van der Waals surface area contributed by atoms with Gasteiger partial charge >= 0.3 is 0 Å². The van der Waals surface area contributed by atoms with Gasteiger partial charge in [-0.05, 0) is 49.7 Å². The van der Waals surface area contributed by atoms with E-state index in [0.717, 1.165) is 31.5 Å². The number of halogens is 3. The number of aliphatic hydroxyl groups is 1. The Hall–Kier alpha value is -2.38. The van der Waals surface area contributed by atoms with Crippen molar-refractivity contribution in [2.75, 3.05) is 20.2 Å². The normalized spacial score (nSPS) is 18.5. The molecule has 2 aromatic rings. The number of benzene rings is 2. The molecule has 144 valence electrons. The highest BCUT2D eigenvalue weighted by Crippen LogP contribution is 2.29. The van der Waals surface area contributed by atoms with Crippen molar-refractivity contribution in [3.63, 3.8) is 0 Å². The van der Waals surface area contributed by atoms with E-state index < -0.39 is 29.1 Å². The zero-order valence-corrected chi connectivity index (χ0v) is 14.9. The lowest BCUT2D eigenvalue weighted by atomic mass is 9.99. The Bertz CT molecular complexity index is 827. The summed E-state index contributed by atoms with van der Waals surface area (Å²) < 4.78 is 41.3. The molecule has 2 unspecified atom stereocenters. The lowest BCUT2D eigenvalue weighted by Gasteiger charge is -2.23. The molecule has 0 aliphatic carbocycles. The fraction of sp³-hybridized carbons (Fsp3) is 0.350. The maximum Gasteiger partial charge on any atom is 0.237 e. The molecule has 1 amide bonds. The van der Waals surface area contributed by atoms with Gasteiger partial charge in [0.1, 0.15) is 5.82 Å². The van der Waals surface area contributed by atoms with Crippen LogP contribution >= 0.6 is 0 Å². The van der Waals surface area contributed by atoms with Crippen molar-refractivity contribution < 1.29 is 23.1 Å². The summed E-state index contributed by atoms with van der Waals surface area (Å²) >= 11 is 0. The van der Waals surface area contributed by atoms with Crippen LogP contribution in [0.1, 0.15) is 24.4 Å². The summed E-state index contributed by atoms with van der Waals surface area (Å²) in [6, 6.07) is 6.73.